The molecule has 0 bridgehead atoms. The molecule has 0 spiro atoms. The molecule has 0 fully saturated rings. The van der Waals surface area contributed by atoms with Crippen molar-refractivity contribution in [1.82, 2.24) is 0 Å². The molecule has 108 valence electrons. The molecule has 0 aliphatic carbocycles. The highest BCUT2D eigenvalue weighted by atomic mass is 19.4. The Hall–Kier alpha value is -1.37. The molecule has 0 amide bonds. The zero-order valence-corrected chi connectivity index (χ0v) is 11.0. The van der Waals surface area contributed by atoms with E-state index in [1.54, 1.807) is 0 Å². The SMILES string of the molecule is CCCOCCOc1ccc(OC)cc1[B-](F)(F)F. The number of hydrogen-bond acceptors (Lipinski definition) is 3. The molecule has 1 rings (SSSR count). The zero-order valence-electron chi connectivity index (χ0n) is 11.0. The maximum atomic E-state index is 12.9. The van der Waals surface area contributed by atoms with Crippen LogP contribution in [0.3, 0.4) is 0 Å². The van der Waals surface area contributed by atoms with Crippen molar-refractivity contribution in [2.45, 2.75) is 13.3 Å². The first-order valence-corrected chi connectivity index (χ1v) is 6.07. The molecular formula is C12H17BF3O3-. The third-order valence-electron chi connectivity index (χ3n) is 2.40. The molecule has 19 heavy (non-hydrogen) atoms. The van der Waals surface area contributed by atoms with E-state index in [2.05, 4.69) is 0 Å². The van der Waals surface area contributed by atoms with Crippen molar-refractivity contribution < 1.29 is 27.2 Å². The van der Waals surface area contributed by atoms with E-state index < -0.39 is 12.4 Å². The highest BCUT2D eigenvalue weighted by Crippen LogP contribution is 2.22. The van der Waals surface area contributed by atoms with E-state index in [-0.39, 0.29) is 24.7 Å². The molecule has 0 N–H and O–H groups in total. The largest absolute Gasteiger partial charge is 0.513 e. The van der Waals surface area contributed by atoms with Gasteiger partial charge < -0.3 is 27.2 Å². The van der Waals surface area contributed by atoms with Crippen LogP contribution >= 0.6 is 0 Å². The van der Waals surface area contributed by atoms with Gasteiger partial charge in [-0.05, 0) is 24.6 Å². The van der Waals surface area contributed by atoms with E-state index in [1.807, 2.05) is 6.92 Å². The Kier molecular flexibility index (Phi) is 6.01. The van der Waals surface area contributed by atoms with Gasteiger partial charge in [-0.25, -0.2) is 0 Å². The number of ether oxygens (including phenoxy) is 3. The Morgan fingerprint density at radius 3 is 2.42 bits per heavy atom. The predicted molar refractivity (Wildman–Crippen MR) is 68.3 cm³/mol. The van der Waals surface area contributed by atoms with Gasteiger partial charge in [-0.1, -0.05) is 12.4 Å². The summed E-state index contributed by atoms with van der Waals surface area (Å²) in [4.78, 5) is 0. The van der Waals surface area contributed by atoms with Crippen LogP contribution in [0.5, 0.6) is 11.5 Å². The smallest absolute Gasteiger partial charge is 0.497 e. The van der Waals surface area contributed by atoms with Crippen LogP contribution in [0.25, 0.3) is 0 Å². The zero-order chi connectivity index (χ0) is 14.3. The molecule has 0 heterocycles. The molecule has 0 radical (unpaired) electrons. The maximum Gasteiger partial charge on any atom is 0.513 e. The molecule has 1 aromatic rings. The molecule has 3 nitrogen and oxygen atoms in total. The molecule has 0 aliphatic rings. The predicted octanol–water partition coefficient (Wildman–Crippen LogP) is 2.56. The van der Waals surface area contributed by atoms with E-state index in [4.69, 9.17) is 14.2 Å². The summed E-state index contributed by atoms with van der Waals surface area (Å²) in [5.41, 5.74) is -0.783. The fourth-order valence-corrected chi connectivity index (χ4v) is 1.50. The van der Waals surface area contributed by atoms with Gasteiger partial charge in [0.2, 0.25) is 0 Å². The lowest BCUT2D eigenvalue weighted by Crippen LogP contribution is -2.35. The first kappa shape index (κ1) is 15.7. The quantitative estimate of drug-likeness (QED) is 0.540. The van der Waals surface area contributed by atoms with Crippen LogP contribution in [0, 0.1) is 0 Å². The number of hydrogen-bond donors (Lipinski definition) is 0. The van der Waals surface area contributed by atoms with Crippen LogP contribution in [-0.4, -0.2) is 33.9 Å². The summed E-state index contributed by atoms with van der Waals surface area (Å²) in [5.74, 6) is -0.0304. The third kappa shape index (κ3) is 5.02. The second-order valence-electron chi connectivity index (χ2n) is 3.94. The Bertz CT molecular complexity index is 396. The Morgan fingerprint density at radius 1 is 1.11 bits per heavy atom. The van der Waals surface area contributed by atoms with Gasteiger partial charge in [0.15, 0.2) is 0 Å². The van der Waals surface area contributed by atoms with E-state index in [0.29, 0.717) is 6.61 Å². The van der Waals surface area contributed by atoms with Crippen LogP contribution in [0.4, 0.5) is 12.9 Å². The van der Waals surface area contributed by atoms with Crippen LogP contribution < -0.4 is 14.9 Å². The summed E-state index contributed by atoms with van der Waals surface area (Å²) in [6, 6.07) is 3.65. The average Bonchev–Trinajstić information content (AvgIpc) is 2.37. The minimum Gasteiger partial charge on any atom is -0.497 e. The average molecular weight is 277 g/mol. The van der Waals surface area contributed by atoms with Gasteiger partial charge in [0.25, 0.3) is 0 Å². The fraction of sp³-hybridized carbons (Fsp3) is 0.500. The van der Waals surface area contributed by atoms with Crippen molar-refractivity contribution in [3.63, 3.8) is 0 Å². The van der Waals surface area contributed by atoms with Crippen LogP contribution in [0.15, 0.2) is 18.2 Å². The number of halogens is 3. The van der Waals surface area contributed by atoms with Crippen LogP contribution in [-0.2, 0) is 4.74 Å². The highest BCUT2D eigenvalue weighted by molar-refractivity contribution is 6.74. The molecular weight excluding hydrogens is 260 g/mol. The van der Waals surface area contributed by atoms with Gasteiger partial charge in [-0.2, -0.15) is 0 Å². The highest BCUT2D eigenvalue weighted by Gasteiger charge is 2.29. The minimum atomic E-state index is -5.14. The second kappa shape index (κ2) is 7.28. The third-order valence-corrected chi connectivity index (χ3v) is 2.40. The van der Waals surface area contributed by atoms with Gasteiger partial charge in [0, 0.05) is 6.61 Å². The molecule has 1 aromatic carbocycles. The van der Waals surface area contributed by atoms with E-state index in [1.165, 1.54) is 19.2 Å². The van der Waals surface area contributed by atoms with Gasteiger partial charge >= 0.3 is 6.98 Å². The lowest BCUT2D eigenvalue weighted by molar-refractivity contribution is 0.101. The van der Waals surface area contributed by atoms with Gasteiger partial charge in [-0.3, -0.25) is 0 Å². The Balaban J connectivity index is 2.71. The van der Waals surface area contributed by atoms with Crippen molar-refractivity contribution in [2.24, 2.45) is 0 Å². The van der Waals surface area contributed by atoms with Gasteiger partial charge in [0.1, 0.15) is 12.4 Å². The molecule has 0 aromatic heterocycles. The number of rotatable bonds is 8. The fourth-order valence-electron chi connectivity index (χ4n) is 1.50. The Labute approximate surface area is 110 Å². The molecule has 0 saturated heterocycles. The first-order valence-electron chi connectivity index (χ1n) is 6.07. The number of methoxy groups -OCH3 is 1. The maximum absolute atomic E-state index is 12.9. The second-order valence-corrected chi connectivity index (χ2v) is 3.94. The topological polar surface area (TPSA) is 27.7 Å². The number of benzene rings is 1. The standard InChI is InChI=1S/C12H17BF3O3/c1-3-6-18-7-8-19-12-5-4-10(17-2)9-11(12)13(14,15)16/h4-5,9H,3,6-8H2,1-2H3/q-1. The summed E-state index contributed by atoms with van der Waals surface area (Å²) in [7, 11) is 1.32. The monoisotopic (exact) mass is 277 g/mol. The molecule has 0 saturated carbocycles. The van der Waals surface area contributed by atoms with Crippen molar-refractivity contribution in [2.75, 3.05) is 26.9 Å². The summed E-state index contributed by atoms with van der Waals surface area (Å²) in [5, 5.41) is 0. The summed E-state index contributed by atoms with van der Waals surface area (Å²) < 4.78 is 53.7. The van der Waals surface area contributed by atoms with Crippen LogP contribution in [0.2, 0.25) is 0 Å². The normalized spacial score (nSPS) is 11.4. The van der Waals surface area contributed by atoms with E-state index >= 15 is 0 Å². The summed E-state index contributed by atoms with van der Waals surface area (Å²) in [6.45, 7) is -2.26. The lowest BCUT2D eigenvalue weighted by atomic mass is 9.79. The molecule has 0 atom stereocenters. The summed E-state index contributed by atoms with van der Waals surface area (Å²) in [6.07, 6.45) is 0.861. The summed E-state index contributed by atoms with van der Waals surface area (Å²) >= 11 is 0. The van der Waals surface area contributed by atoms with E-state index in [0.717, 1.165) is 12.5 Å². The minimum absolute atomic E-state index is 0.0888. The first-order chi connectivity index (χ1) is 8.99. The van der Waals surface area contributed by atoms with Crippen molar-refractivity contribution in [3.05, 3.63) is 18.2 Å². The van der Waals surface area contributed by atoms with Crippen molar-refractivity contribution in [3.8, 4) is 11.5 Å². The Morgan fingerprint density at radius 2 is 1.84 bits per heavy atom. The van der Waals surface area contributed by atoms with Gasteiger partial charge in [-0.15, -0.1) is 0 Å². The lowest BCUT2D eigenvalue weighted by Gasteiger charge is -2.20. The van der Waals surface area contributed by atoms with Crippen molar-refractivity contribution >= 4 is 12.4 Å². The van der Waals surface area contributed by atoms with Gasteiger partial charge in [0.05, 0.1) is 19.5 Å². The van der Waals surface area contributed by atoms with E-state index in [9.17, 15) is 12.9 Å². The molecule has 0 aliphatic heterocycles. The van der Waals surface area contributed by atoms with Crippen molar-refractivity contribution in [1.29, 1.82) is 0 Å². The molecule has 7 heteroatoms. The van der Waals surface area contributed by atoms with Crippen LogP contribution in [0.1, 0.15) is 13.3 Å². The molecule has 0 unspecified atom stereocenters.